The zero-order chi connectivity index (χ0) is 28.6. The Kier molecular flexibility index (Phi) is 9.26. The van der Waals surface area contributed by atoms with Crippen molar-refractivity contribution in [2.45, 2.75) is 109 Å². The Morgan fingerprint density at radius 1 is 1.26 bits per heavy atom. The van der Waals surface area contributed by atoms with Gasteiger partial charge in [-0.15, -0.1) is 0 Å². The van der Waals surface area contributed by atoms with Gasteiger partial charge >= 0.3 is 0 Å². The first-order valence-corrected chi connectivity index (χ1v) is 17.6. The molecule has 1 aliphatic rings. The molecule has 0 spiro atoms. The Hall–Kier alpha value is -1.71. The molecule has 11 nitrogen and oxygen atoms in total. The van der Waals surface area contributed by atoms with Crippen LogP contribution in [0.2, 0.25) is 18.1 Å². The van der Waals surface area contributed by atoms with E-state index < -0.39 is 40.0 Å². The maximum atomic E-state index is 11.7. The molecule has 2 aromatic heterocycles. The second kappa shape index (κ2) is 11.4. The van der Waals surface area contributed by atoms with Gasteiger partial charge in [0.25, 0.3) is 0 Å². The average Bonchev–Trinajstić information content (AvgIpc) is 3.37. The van der Waals surface area contributed by atoms with Crippen LogP contribution in [0.3, 0.4) is 0 Å². The van der Waals surface area contributed by atoms with Crippen LogP contribution in [-0.2, 0) is 14.6 Å². The highest BCUT2D eigenvalue weighted by atomic mass is 31.2. The largest absolute Gasteiger partial charge is 0.394 e. The smallest absolute Gasteiger partial charge is 0.167 e. The minimum Gasteiger partial charge on any atom is -0.394 e. The van der Waals surface area contributed by atoms with Crippen molar-refractivity contribution in [3.05, 3.63) is 12.7 Å². The molecule has 0 aromatic carbocycles. The van der Waals surface area contributed by atoms with Crippen molar-refractivity contribution in [1.82, 2.24) is 24.2 Å². The predicted molar refractivity (Wildman–Crippen MR) is 152 cm³/mol. The number of nitrogens with zero attached hydrogens (tertiary/aromatic N) is 6. The highest BCUT2D eigenvalue weighted by molar-refractivity contribution is 7.50. The molecule has 1 saturated heterocycles. The van der Waals surface area contributed by atoms with E-state index in [0.29, 0.717) is 23.7 Å². The van der Waals surface area contributed by atoms with E-state index in [2.05, 4.69) is 87.3 Å². The summed E-state index contributed by atoms with van der Waals surface area (Å²) in [6.45, 7) is 18.9. The Bertz CT molecular complexity index is 1140. The molecular weight excluding hydrogens is 521 g/mol. The molecular formula is C25H44N7O4PSi. The van der Waals surface area contributed by atoms with Crippen LogP contribution < -0.4 is 5.73 Å². The SMILES string of the molecule is CC(C)N(C(C)C)P(CCC#N)O[C@@H]1[C@H](O)[C@@H](CO)O[C@]1(n1cnc2c(N)ncnc21)[Si](C)(C)C(C)(C)C. The minimum atomic E-state index is -2.68. The fourth-order valence-corrected chi connectivity index (χ4v) is 10.9. The van der Waals surface area contributed by atoms with Gasteiger partial charge in [-0.2, -0.15) is 5.26 Å². The maximum Gasteiger partial charge on any atom is 0.167 e. The van der Waals surface area contributed by atoms with Crippen LogP contribution in [0.5, 0.6) is 0 Å². The average molecular weight is 566 g/mol. The predicted octanol–water partition coefficient (Wildman–Crippen LogP) is 3.59. The minimum absolute atomic E-state index is 0.150. The number of hydrogen-bond acceptors (Lipinski definition) is 10. The molecule has 3 rings (SSSR count). The van der Waals surface area contributed by atoms with Gasteiger partial charge in [-0.05, 0) is 32.7 Å². The van der Waals surface area contributed by atoms with Crippen molar-refractivity contribution in [3.63, 3.8) is 0 Å². The number of nitrogen functional groups attached to an aromatic ring is 1. The van der Waals surface area contributed by atoms with E-state index in [1.807, 2.05) is 4.57 Å². The molecule has 4 N–H and O–H groups in total. The summed E-state index contributed by atoms with van der Waals surface area (Å²) in [6, 6.07) is 2.56. The maximum absolute atomic E-state index is 11.7. The molecule has 1 fully saturated rings. The molecule has 0 aliphatic carbocycles. The van der Waals surface area contributed by atoms with Crippen LogP contribution >= 0.6 is 8.30 Å². The highest BCUT2D eigenvalue weighted by Crippen LogP contribution is 2.58. The quantitative estimate of drug-likeness (QED) is 0.287. The molecule has 0 bridgehead atoms. The summed E-state index contributed by atoms with van der Waals surface area (Å²) in [5.41, 5.74) is 7.07. The van der Waals surface area contributed by atoms with Crippen LogP contribution in [0.25, 0.3) is 11.2 Å². The van der Waals surface area contributed by atoms with E-state index in [1.165, 1.54) is 6.33 Å². The number of aliphatic hydroxyl groups is 2. The summed E-state index contributed by atoms with van der Waals surface area (Å²) in [4.78, 5) is 13.2. The zero-order valence-corrected chi connectivity index (χ0v) is 26.0. The summed E-state index contributed by atoms with van der Waals surface area (Å²) < 4.78 is 17.9. The number of ether oxygens (including phenoxy) is 1. The molecule has 212 valence electrons. The summed E-state index contributed by atoms with van der Waals surface area (Å²) in [5, 5.41) is 30.1. The van der Waals surface area contributed by atoms with Crippen molar-refractivity contribution in [2.75, 3.05) is 18.5 Å². The number of fused-ring (bicyclic) bond motifs is 1. The summed E-state index contributed by atoms with van der Waals surface area (Å²) in [6.07, 6.45) is 0.989. The molecule has 0 radical (unpaired) electrons. The van der Waals surface area contributed by atoms with Gasteiger partial charge in [-0.3, -0.25) is 9.24 Å². The number of hydrogen-bond donors (Lipinski definition) is 3. The summed E-state index contributed by atoms with van der Waals surface area (Å²) in [5.74, 6) is 0.246. The Morgan fingerprint density at radius 2 is 1.89 bits per heavy atom. The number of nitriles is 1. The second-order valence-corrected chi connectivity index (χ2v) is 19.3. The van der Waals surface area contributed by atoms with E-state index in [9.17, 15) is 15.5 Å². The number of imidazole rings is 1. The van der Waals surface area contributed by atoms with Crippen molar-refractivity contribution in [1.29, 1.82) is 5.26 Å². The third-order valence-corrected chi connectivity index (χ3v) is 16.7. The molecule has 0 amide bonds. The van der Waals surface area contributed by atoms with Gasteiger partial charge in [0.05, 0.1) is 19.0 Å². The van der Waals surface area contributed by atoms with Gasteiger partial charge in [0.15, 0.2) is 16.8 Å². The van der Waals surface area contributed by atoms with E-state index in [-0.39, 0.29) is 29.5 Å². The van der Waals surface area contributed by atoms with Crippen molar-refractivity contribution in [3.8, 4) is 6.07 Å². The van der Waals surface area contributed by atoms with Gasteiger partial charge in [0.2, 0.25) is 0 Å². The van der Waals surface area contributed by atoms with Crippen LogP contribution in [0.4, 0.5) is 5.82 Å². The van der Waals surface area contributed by atoms with Gasteiger partial charge in [-0.1, -0.05) is 33.9 Å². The number of rotatable bonds is 10. The number of aromatic nitrogens is 4. The first-order valence-electron chi connectivity index (χ1n) is 13.2. The Balaban J connectivity index is 2.33. The van der Waals surface area contributed by atoms with Gasteiger partial charge in [0.1, 0.15) is 46.5 Å². The number of aliphatic hydroxyl groups excluding tert-OH is 2. The Morgan fingerprint density at radius 3 is 2.42 bits per heavy atom. The van der Waals surface area contributed by atoms with Gasteiger partial charge in [-0.25, -0.2) is 15.0 Å². The lowest BCUT2D eigenvalue weighted by Gasteiger charge is -2.53. The van der Waals surface area contributed by atoms with E-state index in [1.54, 1.807) is 6.33 Å². The third kappa shape index (κ3) is 5.10. The van der Waals surface area contributed by atoms with E-state index in [4.69, 9.17) is 15.0 Å². The zero-order valence-electron chi connectivity index (χ0n) is 24.1. The van der Waals surface area contributed by atoms with Crippen LogP contribution in [-0.4, -0.2) is 85.6 Å². The molecule has 5 atom stereocenters. The molecule has 1 aliphatic heterocycles. The first-order chi connectivity index (χ1) is 17.7. The third-order valence-electron chi connectivity index (χ3n) is 8.04. The topological polar surface area (TPSA) is 156 Å². The fourth-order valence-electron chi connectivity index (χ4n) is 5.32. The highest BCUT2D eigenvalue weighted by Gasteiger charge is 2.68. The Labute approximate surface area is 228 Å². The lowest BCUT2D eigenvalue weighted by molar-refractivity contribution is -0.0900. The molecule has 13 heteroatoms. The number of nitrogens with two attached hydrogens (primary N) is 1. The van der Waals surface area contributed by atoms with Crippen LogP contribution in [0.15, 0.2) is 12.7 Å². The molecule has 38 heavy (non-hydrogen) atoms. The van der Waals surface area contributed by atoms with Crippen LogP contribution in [0, 0.1) is 11.3 Å². The van der Waals surface area contributed by atoms with E-state index >= 15 is 0 Å². The summed E-state index contributed by atoms with van der Waals surface area (Å²) >= 11 is 0. The van der Waals surface area contributed by atoms with Gasteiger partial charge in [0, 0.05) is 24.7 Å². The molecule has 0 saturated carbocycles. The lowest BCUT2D eigenvalue weighted by atomic mass is 10.1. The molecule has 3 heterocycles. The second-order valence-electron chi connectivity index (χ2n) is 12.0. The number of anilines is 1. The lowest BCUT2D eigenvalue weighted by Crippen LogP contribution is -2.66. The molecule has 1 unspecified atom stereocenters. The first kappa shape index (κ1) is 30.8. The fraction of sp³-hybridized carbons (Fsp3) is 0.760. The van der Waals surface area contributed by atoms with Crippen molar-refractivity contribution < 1.29 is 19.5 Å². The summed E-state index contributed by atoms with van der Waals surface area (Å²) in [7, 11) is -4.00. The monoisotopic (exact) mass is 565 g/mol. The van der Waals surface area contributed by atoms with Crippen LogP contribution in [0.1, 0.15) is 54.9 Å². The standard InChI is InChI=1S/C25H44N7O4PSi/c1-16(2)32(17(3)4)37(12-10-11-26)36-21-20(34)18(13-33)35-25(21,38(8,9)24(5,6)7)31-15-30-19-22(27)28-14-29-23(19)31/h14-18,20-21,33-34H,10,12-13H2,1-9H3,(H2,27,28,29)/t18-,20-,21-,25+,37?/m1/s1. The normalized spacial score (nSPS) is 25.6. The van der Waals surface area contributed by atoms with Crippen molar-refractivity contribution >= 4 is 33.4 Å². The van der Waals surface area contributed by atoms with E-state index in [0.717, 1.165) is 0 Å². The molecule has 2 aromatic rings. The van der Waals surface area contributed by atoms with Gasteiger partial charge < -0.3 is 25.2 Å². The van der Waals surface area contributed by atoms with Crippen molar-refractivity contribution in [2.24, 2.45) is 0 Å².